The maximum absolute atomic E-state index is 9.28. The van der Waals surface area contributed by atoms with Crippen LogP contribution in [0.15, 0.2) is 58.2 Å². The van der Waals surface area contributed by atoms with E-state index >= 15 is 0 Å². The summed E-state index contributed by atoms with van der Waals surface area (Å²) in [6.07, 6.45) is 0.658. The average Bonchev–Trinajstić information content (AvgIpc) is 3.05. The van der Waals surface area contributed by atoms with Crippen LogP contribution in [0, 0.1) is 0 Å². The quantitative estimate of drug-likeness (QED) is 0.537. The van der Waals surface area contributed by atoms with E-state index < -0.39 is 0 Å². The number of nitrogens with zero attached hydrogens (tertiary/aromatic N) is 3. The molecule has 3 aromatic rings. The van der Waals surface area contributed by atoms with Crippen LogP contribution in [0.3, 0.4) is 0 Å². The zero-order valence-electron chi connectivity index (χ0n) is 11.1. The fraction of sp³-hybridized carbons (Fsp3) is 0.125. The summed E-state index contributed by atoms with van der Waals surface area (Å²) in [6, 6.07) is 16.4. The second-order valence-electron chi connectivity index (χ2n) is 5.12. The molecule has 0 spiro atoms. The first kappa shape index (κ1) is 12.6. The summed E-state index contributed by atoms with van der Waals surface area (Å²) in [5.41, 5.74) is 3.79. The van der Waals surface area contributed by atoms with Gasteiger partial charge in [0.15, 0.2) is 5.82 Å². The monoisotopic (exact) mass is 341 g/mol. The highest BCUT2D eigenvalue weighted by Crippen LogP contribution is 2.36. The number of hydrogen-bond acceptors (Lipinski definition) is 3. The number of benzene rings is 2. The molecule has 0 amide bonds. The van der Waals surface area contributed by atoms with E-state index in [2.05, 4.69) is 48.8 Å². The maximum atomic E-state index is 9.28. The van der Waals surface area contributed by atoms with Crippen molar-refractivity contribution in [2.75, 3.05) is 0 Å². The Morgan fingerprint density at radius 2 is 2.00 bits per heavy atom. The van der Waals surface area contributed by atoms with E-state index in [1.807, 2.05) is 30.3 Å². The minimum absolute atomic E-state index is 0.117. The van der Waals surface area contributed by atoms with Crippen LogP contribution >= 0.6 is 15.9 Å². The standard InChI is InChI=1S/C16H12BrN3O/c17-11-6-7-12-15(8-11)20-14(10-4-2-1-3-5-10)9-13(19-21)16(20)18-12/h1-8,14,21H,9H2. The van der Waals surface area contributed by atoms with Crippen LogP contribution in [0.4, 0.5) is 0 Å². The van der Waals surface area contributed by atoms with Gasteiger partial charge in [-0.15, -0.1) is 0 Å². The molecular formula is C16H12BrN3O. The third kappa shape index (κ3) is 1.88. The lowest BCUT2D eigenvalue weighted by Crippen LogP contribution is -2.05. The number of aromatic nitrogens is 2. The average molecular weight is 342 g/mol. The van der Waals surface area contributed by atoms with Crippen molar-refractivity contribution < 1.29 is 5.21 Å². The summed E-state index contributed by atoms with van der Waals surface area (Å²) in [7, 11) is 0. The molecule has 2 heterocycles. The summed E-state index contributed by atoms with van der Waals surface area (Å²) >= 11 is 3.51. The molecule has 1 atom stereocenters. The first-order valence-corrected chi connectivity index (χ1v) is 7.51. The van der Waals surface area contributed by atoms with Gasteiger partial charge in [0, 0.05) is 10.9 Å². The molecule has 0 saturated carbocycles. The Bertz CT molecular complexity index is 855. The Balaban J connectivity index is 2.00. The topological polar surface area (TPSA) is 50.4 Å². The van der Waals surface area contributed by atoms with Gasteiger partial charge in [-0.2, -0.15) is 0 Å². The van der Waals surface area contributed by atoms with Crippen molar-refractivity contribution in [3.63, 3.8) is 0 Å². The van der Waals surface area contributed by atoms with Crippen LogP contribution in [0.1, 0.15) is 23.9 Å². The molecule has 1 aliphatic rings. The van der Waals surface area contributed by atoms with E-state index in [1.165, 1.54) is 5.56 Å². The largest absolute Gasteiger partial charge is 0.411 e. The summed E-state index contributed by atoms with van der Waals surface area (Å²) in [4.78, 5) is 4.61. The summed E-state index contributed by atoms with van der Waals surface area (Å²) in [5, 5.41) is 12.7. The van der Waals surface area contributed by atoms with Gasteiger partial charge in [-0.25, -0.2) is 4.98 Å². The molecule has 5 heteroatoms. The summed E-state index contributed by atoms with van der Waals surface area (Å²) < 4.78 is 3.17. The lowest BCUT2D eigenvalue weighted by molar-refractivity contribution is 0.318. The maximum Gasteiger partial charge on any atom is 0.159 e. The zero-order valence-corrected chi connectivity index (χ0v) is 12.7. The molecule has 2 aromatic carbocycles. The molecule has 0 fully saturated rings. The van der Waals surface area contributed by atoms with Crippen molar-refractivity contribution >= 4 is 32.7 Å². The van der Waals surface area contributed by atoms with Gasteiger partial charge in [0.05, 0.1) is 17.1 Å². The second-order valence-corrected chi connectivity index (χ2v) is 6.03. The molecule has 1 N–H and O–H groups in total. The van der Waals surface area contributed by atoms with Gasteiger partial charge in [-0.05, 0) is 23.8 Å². The van der Waals surface area contributed by atoms with Crippen molar-refractivity contribution in [1.82, 2.24) is 9.55 Å². The molecule has 0 aliphatic carbocycles. The van der Waals surface area contributed by atoms with Crippen molar-refractivity contribution in [1.29, 1.82) is 0 Å². The number of fused-ring (bicyclic) bond motifs is 3. The van der Waals surface area contributed by atoms with Crippen molar-refractivity contribution in [2.45, 2.75) is 12.5 Å². The van der Waals surface area contributed by atoms with Crippen LogP contribution in [0.25, 0.3) is 11.0 Å². The van der Waals surface area contributed by atoms with E-state index in [9.17, 15) is 5.21 Å². The van der Waals surface area contributed by atoms with Crippen LogP contribution in [0.2, 0.25) is 0 Å². The Labute approximate surface area is 129 Å². The molecule has 104 valence electrons. The highest BCUT2D eigenvalue weighted by Gasteiger charge is 2.32. The highest BCUT2D eigenvalue weighted by atomic mass is 79.9. The highest BCUT2D eigenvalue weighted by molar-refractivity contribution is 9.10. The summed E-state index contributed by atoms with van der Waals surface area (Å²) in [5.74, 6) is 0.749. The molecule has 1 unspecified atom stereocenters. The lowest BCUT2D eigenvalue weighted by atomic mass is 10.0. The first-order valence-electron chi connectivity index (χ1n) is 6.71. The van der Waals surface area contributed by atoms with Gasteiger partial charge < -0.3 is 9.77 Å². The van der Waals surface area contributed by atoms with E-state index in [4.69, 9.17) is 0 Å². The lowest BCUT2D eigenvalue weighted by Gasteiger charge is -2.14. The molecule has 1 aliphatic heterocycles. The van der Waals surface area contributed by atoms with Gasteiger partial charge in [-0.1, -0.05) is 51.4 Å². The van der Waals surface area contributed by atoms with E-state index in [1.54, 1.807) is 0 Å². The second kappa shape index (κ2) is 4.70. The van der Waals surface area contributed by atoms with Crippen molar-refractivity contribution in [3.8, 4) is 0 Å². The van der Waals surface area contributed by atoms with Gasteiger partial charge in [-0.3, -0.25) is 0 Å². The summed E-state index contributed by atoms with van der Waals surface area (Å²) in [6.45, 7) is 0. The molecule has 0 bridgehead atoms. The van der Waals surface area contributed by atoms with Crippen LogP contribution in [0.5, 0.6) is 0 Å². The Morgan fingerprint density at radius 1 is 1.19 bits per heavy atom. The smallest absolute Gasteiger partial charge is 0.159 e. The molecule has 0 radical (unpaired) electrons. The SMILES string of the molecule is ON=C1CC(c2ccccc2)n2c1nc1ccc(Br)cc12. The van der Waals surface area contributed by atoms with E-state index in [-0.39, 0.29) is 6.04 Å². The fourth-order valence-electron chi connectivity index (χ4n) is 2.98. The Hall–Kier alpha value is -2.14. The number of hydrogen-bond donors (Lipinski definition) is 1. The van der Waals surface area contributed by atoms with E-state index in [0.717, 1.165) is 21.3 Å². The number of halogens is 1. The number of rotatable bonds is 1. The van der Waals surface area contributed by atoms with Crippen LogP contribution < -0.4 is 0 Å². The Morgan fingerprint density at radius 3 is 2.76 bits per heavy atom. The molecular weight excluding hydrogens is 330 g/mol. The minimum Gasteiger partial charge on any atom is -0.411 e. The molecule has 0 saturated heterocycles. The first-order chi connectivity index (χ1) is 10.3. The number of imidazole rings is 1. The third-order valence-corrected chi connectivity index (χ3v) is 4.41. The van der Waals surface area contributed by atoms with Crippen LogP contribution in [-0.2, 0) is 0 Å². The molecule has 4 rings (SSSR count). The van der Waals surface area contributed by atoms with Gasteiger partial charge in [0.25, 0.3) is 0 Å². The third-order valence-electron chi connectivity index (χ3n) is 3.91. The predicted octanol–water partition coefficient (Wildman–Crippen LogP) is 3.97. The molecule has 21 heavy (non-hydrogen) atoms. The fourth-order valence-corrected chi connectivity index (χ4v) is 3.33. The van der Waals surface area contributed by atoms with Crippen LogP contribution in [-0.4, -0.2) is 20.5 Å². The molecule has 4 nitrogen and oxygen atoms in total. The normalized spacial score (nSPS) is 19.3. The minimum atomic E-state index is 0.117. The van der Waals surface area contributed by atoms with Gasteiger partial charge in [0.2, 0.25) is 0 Å². The zero-order chi connectivity index (χ0) is 14.4. The molecule has 1 aromatic heterocycles. The van der Waals surface area contributed by atoms with Gasteiger partial charge in [0.1, 0.15) is 5.71 Å². The predicted molar refractivity (Wildman–Crippen MR) is 85.0 cm³/mol. The number of oxime groups is 1. The Kier molecular flexibility index (Phi) is 2.82. The van der Waals surface area contributed by atoms with Crippen molar-refractivity contribution in [3.05, 3.63) is 64.4 Å². The van der Waals surface area contributed by atoms with Gasteiger partial charge >= 0.3 is 0 Å². The van der Waals surface area contributed by atoms with Crippen molar-refractivity contribution in [2.24, 2.45) is 5.16 Å². The van der Waals surface area contributed by atoms with E-state index in [0.29, 0.717) is 12.1 Å².